The Bertz CT molecular complexity index is 1590. The minimum Gasteiger partial charge on any atom is -0.399 e. The van der Waals surface area contributed by atoms with Crippen molar-refractivity contribution in [2.24, 2.45) is 28.6 Å². The van der Waals surface area contributed by atoms with E-state index in [1.807, 2.05) is 25.1 Å². The molecule has 8 nitrogen and oxygen atoms in total. The standard InChI is InChI=1S/C36H43FN2O6/c1-20-7-10-27(39-17-21-5-4-6-23(38)13-21)32(37)30(20)33(44)45-36(29(43)18-40)15-26-25-9-8-22-14-24(41)11-12-35(22,3)31(25)28(42)16-34(26,2)19-36/h4-7,10-14,25-26,28,31,33,39-40,42,44H,8-9,15-19,38H2,1-3H3/t25-,26?,28-,31?,33+,34+,35-,36+/m0/s1. The van der Waals surface area contributed by atoms with E-state index in [1.54, 1.807) is 43.3 Å². The van der Waals surface area contributed by atoms with Gasteiger partial charge >= 0.3 is 0 Å². The molecule has 3 fully saturated rings. The van der Waals surface area contributed by atoms with Crippen molar-refractivity contribution in [3.05, 3.63) is 82.7 Å². The number of benzene rings is 2. The van der Waals surface area contributed by atoms with Crippen molar-refractivity contribution in [2.75, 3.05) is 17.7 Å². The lowest BCUT2D eigenvalue weighted by molar-refractivity contribution is -0.199. The summed E-state index contributed by atoms with van der Waals surface area (Å²) in [6.45, 7) is 5.30. The first-order valence-electron chi connectivity index (χ1n) is 15.8. The summed E-state index contributed by atoms with van der Waals surface area (Å²) in [5.74, 6) is -1.50. The van der Waals surface area contributed by atoms with Crippen LogP contribution in [0.2, 0.25) is 0 Å². The van der Waals surface area contributed by atoms with Gasteiger partial charge in [0.2, 0.25) is 0 Å². The molecule has 0 saturated heterocycles. The monoisotopic (exact) mass is 618 g/mol. The molecule has 8 atom stereocenters. The van der Waals surface area contributed by atoms with Gasteiger partial charge in [-0.1, -0.05) is 43.7 Å². The SMILES string of the molecule is Cc1ccc(NCc2cccc(N)c2)c(F)c1[C@H](O)O[C@]1(C(=O)CO)CC2[C@@H]3CCC4=CC(=O)C=C[C@]4(C)C3[C@@H](O)C[C@]2(C)C1. The van der Waals surface area contributed by atoms with Gasteiger partial charge in [-0.05, 0) is 97.8 Å². The zero-order valence-corrected chi connectivity index (χ0v) is 26.1. The number of nitrogens with one attached hydrogen (secondary N) is 1. The van der Waals surface area contributed by atoms with Crippen LogP contribution in [0.1, 0.15) is 68.9 Å². The molecule has 4 aliphatic rings. The third-order valence-corrected chi connectivity index (χ3v) is 11.3. The number of nitrogens with two attached hydrogens (primary N) is 1. The van der Waals surface area contributed by atoms with E-state index >= 15 is 4.39 Å². The highest BCUT2D eigenvalue weighted by molar-refractivity contribution is 6.01. The second-order valence-corrected chi connectivity index (χ2v) is 14.1. The number of aliphatic hydroxyl groups is 3. The van der Waals surface area contributed by atoms with Crippen LogP contribution >= 0.6 is 0 Å². The molecule has 6 N–H and O–H groups in total. The molecular formula is C36H43FN2O6. The lowest BCUT2D eigenvalue weighted by atomic mass is 9.47. The van der Waals surface area contributed by atoms with Crippen molar-refractivity contribution < 1.29 is 34.0 Å². The van der Waals surface area contributed by atoms with E-state index in [0.29, 0.717) is 30.6 Å². The summed E-state index contributed by atoms with van der Waals surface area (Å²) in [4.78, 5) is 25.7. The molecule has 0 heterocycles. The molecule has 240 valence electrons. The number of aryl methyl sites for hydroxylation is 1. The van der Waals surface area contributed by atoms with Crippen LogP contribution in [0, 0.1) is 41.3 Å². The van der Waals surface area contributed by atoms with Gasteiger partial charge in [-0.15, -0.1) is 0 Å². The maximum absolute atomic E-state index is 16.0. The van der Waals surface area contributed by atoms with E-state index in [0.717, 1.165) is 17.6 Å². The van der Waals surface area contributed by atoms with Gasteiger partial charge in [-0.25, -0.2) is 4.39 Å². The average molecular weight is 619 g/mol. The van der Waals surface area contributed by atoms with Crippen molar-refractivity contribution in [1.29, 1.82) is 0 Å². The maximum Gasteiger partial charge on any atom is 0.190 e. The number of hydrogen-bond acceptors (Lipinski definition) is 8. The highest BCUT2D eigenvalue weighted by atomic mass is 19.1. The van der Waals surface area contributed by atoms with E-state index in [-0.39, 0.29) is 47.6 Å². The number of halogens is 1. The van der Waals surface area contributed by atoms with Crippen LogP contribution in [0.25, 0.3) is 0 Å². The molecule has 2 aromatic carbocycles. The number of allylic oxidation sites excluding steroid dienone is 4. The minimum absolute atomic E-state index is 0.0193. The fourth-order valence-electron chi connectivity index (χ4n) is 9.26. The van der Waals surface area contributed by atoms with Crippen molar-refractivity contribution in [2.45, 2.75) is 77.4 Å². The fraction of sp³-hybridized carbons (Fsp3) is 0.500. The molecule has 3 saturated carbocycles. The highest BCUT2D eigenvalue weighted by Gasteiger charge is 2.65. The van der Waals surface area contributed by atoms with Crippen molar-refractivity contribution in [3.8, 4) is 0 Å². The van der Waals surface area contributed by atoms with Crippen LogP contribution in [0.4, 0.5) is 15.8 Å². The molecule has 0 spiro atoms. The molecule has 0 aliphatic heterocycles. The summed E-state index contributed by atoms with van der Waals surface area (Å²) in [6, 6.07) is 10.5. The number of aliphatic hydroxyl groups excluding tert-OH is 3. The van der Waals surface area contributed by atoms with E-state index in [1.165, 1.54) is 0 Å². The topological polar surface area (TPSA) is 142 Å². The summed E-state index contributed by atoms with van der Waals surface area (Å²) < 4.78 is 22.2. The lowest BCUT2D eigenvalue weighted by Crippen LogP contribution is -2.54. The number of nitrogen functional groups attached to an aromatic ring is 1. The van der Waals surface area contributed by atoms with Gasteiger partial charge in [0.1, 0.15) is 12.2 Å². The molecule has 0 radical (unpaired) electrons. The summed E-state index contributed by atoms with van der Waals surface area (Å²) in [5.41, 5.74) is 6.32. The second kappa shape index (κ2) is 11.5. The number of Topliss-reactive ketones (excluding diaryl/α,β-unsaturated/α-hetero) is 1. The Labute approximate surface area is 263 Å². The number of fused-ring (bicyclic) bond motifs is 5. The number of ether oxygens (including phenoxy) is 1. The van der Waals surface area contributed by atoms with Gasteiger partial charge in [-0.2, -0.15) is 0 Å². The lowest BCUT2D eigenvalue weighted by Gasteiger charge is -2.57. The molecule has 6 rings (SSSR count). The Hall–Kier alpha value is -3.37. The number of carbonyl (C=O) groups excluding carboxylic acids is 2. The molecule has 45 heavy (non-hydrogen) atoms. The van der Waals surface area contributed by atoms with E-state index in [9.17, 15) is 24.9 Å². The zero-order valence-electron chi connectivity index (χ0n) is 26.1. The first kappa shape index (κ1) is 31.6. The smallest absolute Gasteiger partial charge is 0.190 e. The molecule has 9 heteroatoms. The Morgan fingerprint density at radius 2 is 2.00 bits per heavy atom. The quantitative estimate of drug-likeness (QED) is 0.208. The third-order valence-electron chi connectivity index (χ3n) is 11.3. The van der Waals surface area contributed by atoms with Gasteiger partial charge in [0.25, 0.3) is 0 Å². The van der Waals surface area contributed by atoms with Crippen LogP contribution in [-0.2, 0) is 20.9 Å². The van der Waals surface area contributed by atoms with Crippen LogP contribution in [0.3, 0.4) is 0 Å². The number of carbonyl (C=O) groups is 2. The second-order valence-electron chi connectivity index (χ2n) is 14.1. The predicted molar refractivity (Wildman–Crippen MR) is 168 cm³/mol. The van der Waals surface area contributed by atoms with Crippen molar-refractivity contribution >= 4 is 22.9 Å². The summed E-state index contributed by atoms with van der Waals surface area (Å²) in [7, 11) is 0. The highest BCUT2D eigenvalue weighted by Crippen LogP contribution is 2.67. The third kappa shape index (κ3) is 5.33. The maximum atomic E-state index is 16.0. The molecule has 2 aromatic rings. The zero-order chi connectivity index (χ0) is 32.3. The minimum atomic E-state index is -1.77. The number of anilines is 2. The Morgan fingerprint density at radius 3 is 2.73 bits per heavy atom. The van der Waals surface area contributed by atoms with Gasteiger partial charge < -0.3 is 31.1 Å². The fourth-order valence-corrected chi connectivity index (χ4v) is 9.26. The average Bonchev–Trinajstić information content (AvgIpc) is 3.29. The Balaban J connectivity index is 1.29. The van der Waals surface area contributed by atoms with Crippen LogP contribution < -0.4 is 11.1 Å². The number of rotatable bonds is 8. The number of ketones is 2. The van der Waals surface area contributed by atoms with Gasteiger partial charge in [-0.3, -0.25) is 9.59 Å². The molecule has 0 aromatic heterocycles. The van der Waals surface area contributed by atoms with Crippen LogP contribution in [0.5, 0.6) is 0 Å². The first-order chi connectivity index (χ1) is 21.3. The Morgan fingerprint density at radius 1 is 1.22 bits per heavy atom. The normalized spacial score (nSPS) is 34.4. The van der Waals surface area contributed by atoms with E-state index in [4.69, 9.17) is 10.5 Å². The molecule has 4 aliphatic carbocycles. The Kier molecular flexibility index (Phi) is 8.05. The molecule has 0 bridgehead atoms. The van der Waals surface area contributed by atoms with E-state index < -0.39 is 47.0 Å². The summed E-state index contributed by atoms with van der Waals surface area (Å²) in [5, 5.41) is 36.3. The van der Waals surface area contributed by atoms with Crippen molar-refractivity contribution in [1.82, 2.24) is 0 Å². The predicted octanol–water partition coefficient (Wildman–Crippen LogP) is 4.91. The van der Waals surface area contributed by atoms with Crippen molar-refractivity contribution in [3.63, 3.8) is 0 Å². The van der Waals surface area contributed by atoms with Gasteiger partial charge in [0.15, 0.2) is 23.7 Å². The summed E-state index contributed by atoms with van der Waals surface area (Å²) >= 11 is 0. The van der Waals surface area contributed by atoms with Gasteiger partial charge in [0, 0.05) is 29.1 Å². The van der Waals surface area contributed by atoms with Crippen LogP contribution in [-0.4, -0.2) is 45.2 Å². The summed E-state index contributed by atoms with van der Waals surface area (Å²) in [6.07, 6.45) is 5.01. The first-order valence-corrected chi connectivity index (χ1v) is 15.8. The number of hydrogen-bond donors (Lipinski definition) is 5. The van der Waals surface area contributed by atoms with Crippen LogP contribution in [0.15, 0.2) is 60.2 Å². The molecule has 0 amide bonds. The molecule has 2 unspecified atom stereocenters. The van der Waals surface area contributed by atoms with E-state index in [2.05, 4.69) is 12.2 Å². The van der Waals surface area contributed by atoms with Gasteiger partial charge in [0.05, 0.1) is 11.8 Å². The largest absolute Gasteiger partial charge is 0.399 e. The molecular weight excluding hydrogens is 575 g/mol.